The number of nitrogens with zero attached hydrogens (tertiary/aromatic N) is 2. The highest BCUT2D eigenvalue weighted by atomic mass is 19.4. The predicted octanol–water partition coefficient (Wildman–Crippen LogP) is 3.48. The molecule has 0 spiro atoms. The third kappa shape index (κ3) is 5.04. The standard InChI is InChI=1S/C24H31F3N2O4/c1-16-3-2-12-29(21(16)33-22(32)24(25,26)27)19-8-13-28(14-9-19)20(31)17-4-6-18(7-5-17)23(15-30)10-11-23/h4-7,16,19,21,30H,2-3,8-15H2,1H3. The Bertz CT molecular complexity index is 861. The Morgan fingerprint density at radius 3 is 2.27 bits per heavy atom. The highest BCUT2D eigenvalue weighted by Gasteiger charge is 2.46. The molecule has 33 heavy (non-hydrogen) atoms. The van der Waals surface area contributed by atoms with Crippen molar-refractivity contribution in [3.8, 4) is 0 Å². The summed E-state index contributed by atoms with van der Waals surface area (Å²) < 4.78 is 43.2. The fourth-order valence-corrected chi connectivity index (χ4v) is 5.18. The Balaban J connectivity index is 1.36. The first-order valence-electron chi connectivity index (χ1n) is 11.7. The minimum Gasteiger partial charge on any atom is -0.439 e. The van der Waals surface area contributed by atoms with Crippen molar-refractivity contribution in [1.82, 2.24) is 9.80 Å². The lowest BCUT2D eigenvalue weighted by atomic mass is 9.93. The quantitative estimate of drug-likeness (QED) is 0.671. The molecule has 2 heterocycles. The van der Waals surface area contributed by atoms with Crippen LogP contribution in [0.25, 0.3) is 0 Å². The van der Waals surface area contributed by atoms with E-state index in [0.29, 0.717) is 44.5 Å². The third-order valence-electron chi connectivity index (χ3n) is 7.47. The monoisotopic (exact) mass is 468 g/mol. The van der Waals surface area contributed by atoms with Crippen molar-refractivity contribution in [2.24, 2.45) is 5.92 Å². The molecule has 1 amide bonds. The summed E-state index contributed by atoms with van der Waals surface area (Å²) in [5.74, 6) is -2.39. The molecular formula is C24H31F3N2O4. The smallest absolute Gasteiger partial charge is 0.439 e. The van der Waals surface area contributed by atoms with Gasteiger partial charge in [-0.15, -0.1) is 0 Å². The van der Waals surface area contributed by atoms with Crippen LogP contribution < -0.4 is 0 Å². The van der Waals surface area contributed by atoms with E-state index in [4.69, 9.17) is 4.74 Å². The number of carbonyl (C=O) groups excluding carboxylic acids is 2. The average Bonchev–Trinajstić information content (AvgIpc) is 3.61. The number of rotatable bonds is 5. The summed E-state index contributed by atoms with van der Waals surface area (Å²) in [5, 5.41) is 9.59. The van der Waals surface area contributed by atoms with Crippen LogP contribution in [0.4, 0.5) is 13.2 Å². The maximum atomic E-state index is 13.0. The molecule has 1 aliphatic carbocycles. The number of alkyl halides is 3. The Hall–Kier alpha value is -2.13. The van der Waals surface area contributed by atoms with Crippen molar-refractivity contribution in [2.75, 3.05) is 26.2 Å². The molecule has 1 N–H and O–H groups in total. The lowest BCUT2D eigenvalue weighted by Gasteiger charge is -2.46. The first kappa shape index (κ1) is 24.0. The number of piperidine rings is 2. The lowest BCUT2D eigenvalue weighted by molar-refractivity contribution is -0.222. The van der Waals surface area contributed by atoms with Gasteiger partial charge in [0.15, 0.2) is 6.23 Å². The minimum atomic E-state index is -5.01. The maximum Gasteiger partial charge on any atom is 0.490 e. The number of ether oxygens (including phenoxy) is 1. The van der Waals surface area contributed by atoms with Crippen molar-refractivity contribution in [2.45, 2.75) is 69.3 Å². The number of halogens is 3. The van der Waals surface area contributed by atoms with Crippen LogP contribution in [-0.4, -0.2) is 71.5 Å². The van der Waals surface area contributed by atoms with Crippen molar-refractivity contribution >= 4 is 11.9 Å². The van der Waals surface area contributed by atoms with Crippen molar-refractivity contribution in [3.63, 3.8) is 0 Å². The largest absolute Gasteiger partial charge is 0.490 e. The van der Waals surface area contributed by atoms with Crippen LogP contribution in [-0.2, 0) is 14.9 Å². The molecule has 0 radical (unpaired) electrons. The molecule has 3 aliphatic rings. The normalized spacial score (nSPS) is 26.2. The lowest BCUT2D eigenvalue weighted by Crippen LogP contribution is -2.56. The van der Waals surface area contributed by atoms with Gasteiger partial charge in [0.25, 0.3) is 5.91 Å². The maximum absolute atomic E-state index is 13.0. The van der Waals surface area contributed by atoms with E-state index in [1.807, 2.05) is 24.0 Å². The Morgan fingerprint density at radius 2 is 1.73 bits per heavy atom. The zero-order chi connectivity index (χ0) is 23.8. The molecule has 6 nitrogen and oxygen atoms in total. The highest BCUT2D eigenvalue weighted by molar-refractivity contribution is 5.94. The minimum absolute atomic E-state index is 0.0375. The Kier molecular flexibility index (Phi) is 6.73. The van der Waals surface area contributed by atoms with E-state index in [0.717, 1.165) is 24.8 Å². The molecule has 0 aromatic heterocycles. The van der Waals surface area contributed by atoms with E-state index >= 15 is 0 Å². The van der Waals surface area contributed by atoms with Crippen LogP contribution in [0.3, 0.4) is 0 Å². The first-order valence-corrected chi connectivity index (χ1v) is 11.7. The number of likely N-dealkylation sites (tertiary alicyclic amines) is 2. The predicted molar refractivity (Wildman–Crippen MR) is 114 cm³/mol. The molecule has 2 aliphatic heterocycles. The summed E-state index contributed by atoms with van der Waals surface area (Å²) in [4.78, 5) is 28.1. The zero-order valence-electron chi connectivity index (χ0n) is 18.8. The summed E-state index contributed by atoms with van der Waals surface area (Å²) >= 11 is 0. The number of esters is 1. The Labute approximate surface area is 191 Å². The molecule has 2 saturated heterocycles. The van der Waals surface area contributed by atoms with Gasteiger partial charge < -0.3 is 14.7 Å². The molecule has 2 atom stereocenters. The van der Waals surface area contributed by atoms with Gasteiger partial charge in [0.1, 0.15) is 0 Å². The topological polar surface area (TPSA) is 70.1 Å². The molecule has 1 aromatic rings. The molecule has 0 bridgehead atoms. The fourth-order valence-electron chi connectivity index (χ4n) is 5.18. The number of aliphatic hydroxyl groups excluding tert-OH is 1. The van der Waals surface area contributed by atoms with Gasteiger partial charge in [-0.25, -0.2) is 4.79 Å². The van der Waals surface area contributed by atoms with E-state index in [-0.39, 0.29) is 29.9 Å². The van der Waals surface area contributed by atoms with Crippen LogP contribution >= 0.6 is 0 Å². The fraction of sp³-hybridized carbons (Fsp3) is 0.667. The average molecular weight is 469 g/mol. The van der Waals surface area contributed by atoms with Crippen LogP contribution in [0.2, 0.25) is 0 Å². The van der Waals surface area contributed by atoms with Gasteiger partial charge in [0, 0.05) is 42.6 Å². The second kappa shape index (κ2) is 9.25. The summed E-state index contributed by atoms with van der Waals surface area (Å²) in [6.45, 7) is 3.49. The van der Waals surface area contributed by atoms with Gasteiger partial charge in [-0.05, 0) is 56.2 Å². The van der Waals surface area contributed by atoms with E-state index in [9.17, 15) is 27.9 Å². The first-order chi connectivity index (χ1) is 15.6. The van der Waals surface area contributed by atoms with E-state index in [1.54, 1.807) is 17.0 Å². The second-order valence-corrected chi connectivity index (χ2v) is 9.69. The number of amides is 1. The Morgan fingerprint density at radius 1 is 1.09 bits per heavy atom. The molecule has 9 heteroatoms. The molecule has 4 rings (SSSR count). The summed E-state index contributed by atoms with van der Waals surface area (Å²) in [5.41, 5.74) is 1.51. The van der Waals surface area contributed by atoms with Crippen LogP contribution in [0.5, 0.6) is 0 Å². The molecule has 1 saturated carbocycles. The van der Waals surface area contributed by atoms with Crippen LogP contribution in [0.15, 0.2) is 24.3 Å². The highest BCUT2D eigenvalue weighted by Crippen LogP contribution is 2.47. The number of hydrogen-bond donors (Lipinski definition) is 1. The van der Waals surface area contributed by atoms with E-state index in [2.05, 4.69) is 0 Å². The van der Waals surface area contributed by atoms with Gasteiger partial charge in [-0.3, -0.25) is 9.69 Å². The van der Waals surface area contributed by atoms with Crippen LogP contribution in [0, 0.1) is 5.92 Å². The van der Waals surface area contributed by atoms with Crippen molar-refractivity contribution in [3.05, 3.63) is 35.4 Å². The molecule has 3 fully saturated rings. The zero-order valence-corrected chi connectivity index (χ0v) is 18.8. The summed E-state index contributed by atoms with van der Waals surface area (Å²) in [7, 11) is 0. The van der Waals surface area contributed by atoms with Gasteiger partial charge in [0.05, 0.1) is 6.61 Å². The second-order valence-electron chi connectivity index (χ2n) is 9.69. The summed E-state index contributed by atoms with van der Waals surface area (Å²) in [6.07, 6.45) is -1.22. The van der Waals surface area contributed by atoms with Crippen molar-refractivity contribution < 1.29 is 32.6 Å². The van der Waals surface area contributed by atoms with E-state index in [1.165, 1.54) is 0 Å². The third-order valence-corrected chi connectivity index (χ3v) is 7.47. The van der Waals surface area contributed by atoms with Gasteiger partial charge in [0.2, 0.25) is 0 Å². The van der Waals surface area contributed by atoms with Gasteiger partial charge in [-0.1, -0.05) is 19.1 Å². The van der Waals surface area contributed by atoms with Crippen LogP contribution in [0.1, 0.15) is 61.4 Å². The number of hydrogen-bond acceptors (Lipinski definition) is 5. The number of carbonyl (C=O) groups is 2. The van der Waals surface area contributed by atoms with Gasteiger partial charge in [-0.2, -0.15) is 13.2 Å². The number of aliphatic hydroxyl groups is 1. The molecular weight excluding hydrogens is 437 g/mol. The van der Waals surface area contributed by atoms with Crippen molar-refractivity contribution in [1.29, 1.82) is 0 Å². The SMILES string of the molecule is CC1CCCN(C2CCN(C(=O)c3ccc(C4(CO)CC4)cc3)CC2)C1OC(=O)C(F)(F)F. The molecule has 1 aromatic carbocycles. The number of benzene rings is 1. The molecule has 182 valence electrons. The summed E-state index contributed by atoms with van der Waals surface area (Å²) in [6, 6.07) is 7.40. The molecule has 2 unspecified atom stereocenters. The van der Waals surface area contributed by atoms with Gasteiger partial charge >= 0.3 is 12.1 Å². The van der Waals surface area contributed by atoms with E-state index < -0.39 is 18.4 Å².